The lowest BCUT2D eigenvalue weighted by atomic mass is 9.77. The van der Waals surface area contributed by atoms with E-state index in [1.165, 1.54) is 0 Å². The summed E-state index contributed by atoms with van der Waals surface area (Å²) in [5.74, 6) is 2.82. The van der Waals surface area contributed by atoms with Crippen molar-refractivity contribution in [3.05, 3.63) is 23.8 Å². The van der Waals surface area contributed by atoms with Gasteiger partial charge in [-0.15, -0.1) is 0 Å². The van der Waals surface area contributed by atoms with Gasteiger partial charge in [-0.2, -0.15) is 0 Å². The van der Waals surface area contributed by atoms with E-state index in [0.29, 0.717) is 42.2 Å². The molecule has 0 spiro atoms. The molecule has 0 N–H and O–H groups in total. The molecule has 2 fully saturated rings. The van der Waals surface area contributed by atoms with Crippen LogP contribution in [0.3, 0.4) is 0 Å². The molecule has 0 aromatic heterocycles. The molecule has 0 bridgehead atoms. The highest BCUT2D eigenvalue weighted by molar-refractivity contribution is 5.76. The number of hydrogen-bond acceptors (Lipinski definition) is 5. The molecule has 3 rings (SSSR count). The normalized spacial score (nSPS) is 27.0. The molecule has 28 heavy (non-hydrogen) atoms. The van der Waals surface area contributed by atoms with Gasteiger partial charge >= 0.3 is 0 Å². The Labute approximate surface area is 168 Å². The van der Waals surface area contributed by atoms with Crippen LogP contribution in [0.5, 0.6) is 11.5 Å². The minimum Gasteiger partial charge on any atom is -0.493 e. The lowest BCUT2D eigenvalue weighted by Crippen LogP contribution is -2.47. The minimum atomic E-state index is 0.250. The number of nitrogens with zero attached hydrogens (tertiary/aromatic N) is 2. The first-order chi connectivity index (χ1) is 13.5. The van der Waals surface area contributed by atoms with E-state index in [1.807, 2.05) is 25.3 Å². The molecule has 2 aliphatic rings. The van der Waals surface area contributed by atoms with E-state index < -0.39 is 0 Å². The predicted octanol–water partition coefficient (Wildman–Crippen LogP) is 2.45. The van der Waals surface area contributed by atoms with Crippen molar-refractivity contribution in [1.82, 2.24) is 9.80 Å². The fourth-order valence-corrected chi connectivity index (χ4v) is 4.84. The van der Waals surface area contributed by atoms with Crippen molar-refractivity contribution in [1.29, 1.82) is 0 Å². The summed E-state index contributed by atoms with van der Waals surface area (Å²) in [5.41, 5.74) is 1.09. The third kappa shape index (κ3) is 4.44. The predicted molar refractivity (Wildman–Crippen MR) is 109 cm³/mol. The van der Waals surface area contributed by atoms with Crippen molar-refractivity contribution in [2.75, 3.05) is 48.5 Å². The number of fused-ring (bicyclic) bond motifs is 1. The topological polar surface area (TPSA) is 51.2 Å². The van der Waals surface area contributed by atoms with Crippen LogP contribution in [-0.2, 0) is 16.0 Å². The first-order valence-corrected chi connectivity index (χ1v) is 10.1. The van der Waals surface area contributed by atoms with Gasteiger partial charge in [0.2, 0.25) is 5.91 Å². The maximum atomic E-state index is 12.8. The lowest BCUT2D eigenvalue weighted by molar-refractivity contribution is -0.130. The molecule has 1 saturated carbocycles. The Kier molecular flexibility index (Phi) is 6.83. The summed E-state index contributed by atoms with van der Waals surface area (Å²) in [4.78, 5) is 17.2. The van der Waals surface area contributed by atoms with Gasteiger partial charge in [0.25, 0.3) is 0 Å². The summed E-state index contributed by atoms with van der Waals surface area (Å²) in [5, 5.41) is 0. The van der Waals surface area contributed by atoms with E-state index >= 15 is 0 Å². The largest absolute Gasteiger partial charge is 0.493 e. The number of hydrogen-bond donors (Lipinski definition) is 0. The Morgan fingerprint density at radius 2 is 1.75 bits per heavy atom. The first kappa shape index (κ1) is 20.9. The lowest BCUT2D eigenvalue weighted by Gasteiger charge is -2.40. The van der Waals surface area contributed by atoms with Crippen LogP contribution < -0.4 is 9.47 Å². The van der Waals surface area contributed by atoms with Gasteiger partial charge in [0.05, 0.1) is 20.3 Å². The van der Waals surface area contributed by atoms with Gasteiger partial charge in [-0.1, -0.05) is 6.07 Å². The van der Waals surface area contributed by atoms with Crippen LogP contribution in [0.4, 0.5) is 0 Å². The zero-order valence-corrected chi connectivity index (χ0v) is 17.8. The average Bonchev–Trinajstić information content (AvgIpc) is 3.13. The van der Waals surface area contributed by atoms with Crippen molar-refractivity contribution < 1.29 is 19.0 Å². The summed E-state index contributed by atoms with van der Waals surface area (Å²) in [6.45, 7) is 1.76. The molecular formula is C22H34N2O4. The van der Waals surface area contributed by atoms with Crippen LogP contribution in [0.15, 0.2) is 18.2 Å². The van der Waals surface area contributed by atoms with E-state index in [2.05, 4.69) is 23.9 Å². The molecule has 156 valence electrons. The number of rotatable bonds is 7. The molecule has 6 nitrogen and oxygen atoms in total. The number of aryl methyl sites for hydroxylation is 1. The molecule has 1 heterocycles. The monoisotopic (exact) mass is 390 g/mol. The number of carbonyl (C=O) groups is 1. The molecule has 4 atom stereocenters. The molecule has 0 unspecified atom stereocenters. The Balaban J connectivity index is 1.56. The number of likely N-dealkylation sites (tertiary alicyclic amines) is 1. The van der Waals surface area contributed by atoms with E-state index in [4.69, 9.17) is 14.2 Å². The summed E-state index contributed by atoms with van der Waals surface area (Å²) in [7, 11) is 9.31. The van der Waals surface area contributed by atoms with Gasteiger partial charge in [-0.25, -0.2) is 0 Å². The summed E-state index contributed by atoms with van der Waals surface area (Å²) < 4.78 is 16.4. The quantitative estimate of drug-likeness (QED) is 0.716. The van der Waals surface area contributed by atoms with Gasteiger partial charge in [0, 0.05) is 32.7 Å². The van der Waals surface area contributed by atoms with Crippen LogP contribution in [0.2, 0.25) is 0 Å². The summed E-state index contributed by atoms with van der Waals surface area (Å²) in [6.07, 6.45) is 3.66. The van der Waals surface area contributed by atoms with Crippen LogP contribution in [0, 0.1) is 11.8 Å². The van der Waals surface area contributed by atoms with E-state index in [0.717, 1.165) is 31.5 Å². The van der Waals surface area contributed by atoms with Crippen molar-refractivity contribution >= 4 is 5.91 Å². The minimum absolute atomic E-state index is 0.250. The van der Waals surface area contributed by atoms with Crippen molar-refractivity contribution in [3.8, 4) is 11.5 Å². The van der Waals surface area contributed by atoms with Gasteiger partial charge in [0.1, 0.15) is 0 Å². The fourth-order valence-electron chi connectivity index (χ4n) is 4.84. The first-order valence-electron chi connectivity index (χ1n) is 10.1. The fraction of sp³-hybridized carbons (Fsp3) is 0.682. The van der Waals surface area contributed by atoms with Gasteiger partial charge < -0.3 is 24.0 Å². The number of amides is 1. The molecular weight excluding hydrogens is 356 g/mol. The summed E-state index contributed by atoms with van der Waals surface area (Å²) >= 11 is 0. The Morgan fingerprint density at radius 1 is 1.07 bits per heavy atom. The highest BCUT2D eigenvalue weighted by Gasteiger charge is 2.44. The molecule has 1 aliphatic carbocycles. The average molecular weight is 391 g/mol. The van der Waals surface area contributed by atoms with Crippen molar-refractivity contribution in [2.45, 2.75) is 37.8 Å². The number of methoxy groups -OCH3 is 3. The SMILES string of the molecule is COc1ccc(CCC(=O)N2C[C@H]3C[C@@H](N(C)C)[C@H](OC)C[C@H]3C2)cc1OC. The van der Waals surface area contributed by atoms with Gasteiger partial charge in [-0.3, -0.25) is 4.79 Å². The summed E-state index contributed by atoms with van der Waals surface area (Å²) in [6, 6.07) is 6.30. The highest BCUT2D eigenvalue weighted by atomic mass is 16.5. The maximum absolute atomic E-state index is 12.8. The second-order valence-corrected chi connectivity index (χ2v) is 8.28. The number of benzene rings is 1. The Hall–Kier alpha value is -1.79. The van der Waals surface area contributed by atoms with E-state index in [9.17, 15) is 4.79 Å². The number of ether oxygens (including phenoxy) is 3. The Morgan fingerprint density at radius 3 is 2.36 bits per heavy atom. The zero-order valence-electron chi connectivity index (χ0n) is 17.8. The van der Waals surface area contributed by atoms with Gasteiger partial charge in [-0.05, 0) is 62.9 Å². The standard InChI is InChI=1S/C22H34N2O4/c1-23(2)18-11-16-13-24(14-17(16)12-20(18)27-4)22(25)9-7-15-6-8-19(26-3)21(10-15)28-5/h6,8,10,16-18,20H,7,9,11-14H2,1-5H3/t16-,17+,18-,20-/m1/s1. The molecule has 6 heteroatoms. The second kappa shape index (κ2) is 9.14. The van der Waals surface area contributed by atoms with E-state index in [1.54, 1.807) is 14.2 Å². The molecule has 1 aromatic carbocycles. The van der Waals surface area contributed by atoms with Crippen LogP contribution in [0.1, 0.15) is 24.8 Å². The third-order valence-electron chi connectivity index (χ3n) is 6.48. The van der Waals surface area contributed by atoms with Crippen LogP contribution in [0.25, 0.3) is 0 Å². The van der Waals surface area contributed by atoms with Crippen LogP contribution >= 0.6 is 0 Å². The Bertz CT molecular complexity index is 679. The molecule has 1 amide bonds. The van der Waals surface area contributed by atoms with Crippen LogP contribution in [-0.4, -0.2) is 76.4 Å². The molecule has 0 radical (unpaired) electrons. The number of carbonyl (C=O) groups excluding carboxylic acids is 1. The van der Waals surface area contributed by atoms with E-state index in [-0.39, 0.29) is 12.0 Å². The van der Waals surface area contributed by atoms with Crippen molar-refractivity contribution in [3.63, 3.8) is 0 Å². The molecule has 1 saturated heterocycles. The highest BCUT2D eigenvalue weighted by Crippen LogP contribution is 2.39. The smallest absolute Gasteiger partial charge is 0.222 e. The molecule has 1 aliphatic heterocycles. The third-order valence-corrected chi connectivity index (χ3v) is 6.48. The van der Waals surface area contributed by atoms with Crippen molar-refractivity contribution in [2.24, 2.45) is 11.8 Å². The molecule has 1 aromatic rings. The zero-order chi connectivity index (χ0) is 20.3. The maximum Gasteiger partial charge on any atom is 0.222 e. The second-order valence-electron chi connectivity index (χ2n) is 8.28. The van der Waals surface area contributed by atoms with Gasteiger partial charge in [0.15, 0.2) is 11.5 Å². The number of likely N-dealkylation sites (N-methyl/N-ethyl adjacent to an activating group) is 1.